The maximum absolute atomic E-state index is 12.3. The standard InChI is InChI=1S/C22H28N4O3/c1-28-18-7-9-19(10-8-18)29-14-13-23-21-15-20(25-16-26-21)22(27)24-12-11-17-5-3-2-4-6-17/h5,7-10,15-16H,2-4,6,11-14H2,1H3,(H,24,27)(H,23,25,26). The molecule has 7 heteroatoms. The molecule has 0 saturated carbocycles. The van der Waals surface area contributed by atoms with Crippen molar-refractivity contribution in [3.8, 4) is 11.5 Å². The molecule has 0 radical (unpaired) electrons. The number of hydrogen-bond donors (Lipinski definition) is 2. The van der Waals surface area contributed by atoms with Crippen LogP contribution in [-0.4, -0.2) is 42.7 Å². The molecule has 2 aromatic rings. The third kappa shape index (κ3) is 6.78. The van der Waals surface area contributed by atoms with Gasteiger partial charge in [0, 0.05) is 12.6 Å². The Morgan fingerprint density at radius 2 is 1.93 bits per heavy atom. The van der Waals surface area contributed by atoms with Gasteiger partial charge in [-0.25, -0.2) is 9.97 Å². The molecule has 2 N–H and O–H groups in total. The van der Waals surface area contributed by atoms with Crippen molar-refractivity contribution < 1.29 is 14.3 Å². The lowest BCUT2D eigenvalue weighted by Gasteiger charge is -2.13. The van der Waals surface area contributed by atoms with Crippen molar-refractivity contribution in [2.75, 3.05) is 32.1 Å². The van der Waals surface area contributed by atoms with Crippen LogP contribution in [0.25, 0.3) is 0 Å². The normalized spacial score (nSPS) is 13.3. The number of nitrogens with one attached hydrogen (secondary N) is 2. The Labute approximate surface area is 171 Å². The van der Waals surface area contributed by atoms with Crippen LogP contribution < -0.4 is 20.1 Å². The monoisotopic (exact) mass is 396 g/mol. The molecule has 3 rings (SSSR count). The lowest BCUT2D eigenvalue weighted by molar-refractivity contribution is 0.0949. The second-order valence-corrected chi connectivity index (χ2v) is 6.85. The highest BCUT2D eigenvalue weighted by Gasteiger charge is 2.09. The van der Waals surface area contributed by atoms with Gasteiger partial charge < -0.3 is 20.1 Å². The number of anilines is 1. The van der Waals surface area contributed by atoms with Crippen LogP contribution in [0.15, 0.2) is 48.3 Å². The zero-order chi connectivity index (χ0) is 20.3. The predicted octanol–water partition coefficient (Wildman–Crippen LogP) is 3.60. The van der Waals surface area contributed by atoms with E-state index < -0.39 is 0 Å². The summed E-state index contributed by atoms with van der Waals surface area (Å²) in [6.45, 7) is 1.65. The first kappa shape index (κ1) is 20.6. The number of aromatic nitrogens is 2. The van der Waals surface area contributed by atoms with Crippen molar-refractivity contribution in [2.24, 2.45) is 0 Å². The van der Waals surface area contributed by atoms with Crippen molar-refractivity contribution in [1.82, 2.24) is 15.3 Å². The zero-order valence-corrected chi connectivity index (χ0v) is 16.8. The Balaban J connectivity index is 1.39. The van der Waals surface area contributed by atoms with Crippen molar-refractivity contribution >= 4 is 11.7 Å². The lowest BCUT2D eigenvalue weighted by Crippen LogP contribution is -2.26. The van der Waals surface area contributed by atoms with Gasteiger partial charge in [0.15, 0.2) is 0 Å². The van der Waals surface area contributed by atoms with Crippen LogP contribution in [0.5, 0.6) is 11.5 Å². The van der Waals surface area contributed by atoms with Crippen LogP contribution in [0.3, 0.4) is 0 Å². The number of allylic oxidation sites excluding steroid dienone is 1. The summed E-state index contributed by atoms with van der Waals surface area (Å²) in [5, 5.41) is 6.09. The van der Waals surface area contributed by atoms with E-state index in [2.05, 4.69) is 26.7 Å². The minimum absolute atomic E-state index is 0.179. The van der Waals surface area contributed by atoms with Gasteiger partial charge in [-0.1, -0.05) is 11.6 Å². The zero-order valence-electron chi connectivity index (χ0n) is 16.8. The summed E-state index contributed by atoms with van der Waals surface area (Å²) in [4.78, 5) is 20.6. The Morgan fingerprint density at radius 1 is 1.10 bits per heavy atom. The molecule has 0 fully saturated rings. The van der Waals surface area contributed by atoms with E-state index in [9.17, 15) is 4.79 Å². The maximum Gasteiger partial charge on any atom is 0.270 e. The molecule has 1 aliphatic rings. The largest absolute Gasteiger partial charge is 0.497 e. The summed E-state index contributed by atoms with van der Waals surface area (Å²) < 4.78 is 10.8. The van der Waals surface area contributed by atoms with Gasteiger partial charge in [-0.3, -0.25) is 4.79 Å². The second kappa shape index (κ2) is 11.0. The maximum atomic E-state index is 12.3. The summed E-state index contributed by atoms with van der Waals surface area (Å²) >= 11 is 0. The van der Waals surface area contributed by atoms with Gasteiger partial charge in [-0.05, 0) is 56.4 Å². The van der Waals surface area contributed by atoms with Crippen LogP contribution in [0.1, 0.15) is 42.6 Å². The highest BCUT2D eigenvalue weighted by molar-refractivity contribution is 5.92. The molecule has 1 aromatic heterocycles. The number of hydrogen-bond acceptors (Lipinski definition) is 6. The molecular weight excluding hydrogens is 368 g/mol. The molecule has 0 bridgehead atoms. The summed E-state index contributed by atoms with van der Waals surface area (Å²) in [5.74, 6) is 1.97. The highest BCUT2D eigenvalue weighted by Crippen LogP contribution is 2.19. The average molecular weight is 396 g/mol. The van der Waals surface area contributed by atoms with E-state index in [1.807, 2.05) is 24.3 Å². The van der Waals surface area contributed by atoms with Gasteiger partial charge in [0.05, 0.1) is 13.7 Å². The van der Waals surface area contributed by atoms with Crippen molar-refractivity contribution in [3.63, 3.8) is 0 Å². The number of carbonyl (C=O) groups is 1. The van der Waals surface area contributed by atoms with Gasteiger partial charge in [-0.15, -0.1) is 0 Å². The second-order valence-electron chi connectivity index (χ2n) is 6.85. The first-order valence-corrected chi connectivity index (χ1v) is 10.0. The molecule has 7 nitrogen and oxygen atoms in total. The average Bonchev–Trinajstić information content (AvgIpc) is 2.78. The Bertz CT molecular complexity index is 821. The first-order valence-electron chi connectivity index (χ1n) is 10.0. The van der Waals surface area contributed by atoms with Gasteiger partial charge in [0.2, 0.25) is 0 Å². The minimum atomic E-state index is -0.179. The summed E-state index contributed by atoms with van der Waals surface area (Å²) in [5.41, 5.74) is 1.80. The minimum Gasteiger partial charge on any atom is -0.497 e. The van der Waals surface area contributed by atoms with Crippen LogP contribution in [0.4, 0.5) is 5.82 Å². The highest BCUT2D eigenvalue weighted by atomic mass is 16.5. The van der Waals surface area contributed by atoms with Crippen LogP contribution in [0.2, 0.25) is 0 Å². The van der Waals surface area contributed by atoms with Crippen molar-refractivity contribution in [1.29, 1.82) is 0 Å². The third-order valence-electron chi connectivity index (χ3n) is 4.75. The number of carbonyl (C=O) groups excluding carboxylic acids is 1. The fraction of sp³-hybridized carbons (Fsp3) is 0.409. The first-order chi connectivity index (χ1) is 14.2. The van der Waals surface area contributed by atoms with Crippen molar-refractivity contribution in [2.45, 2.75) is 32.1 Å². The van der Waals surface area contributed by atoms with E-state index in [0.29, 0.717) is 31.2 Å². The molecular formula is C22H28N4O3. The van der Waals surface area contributed by atoms with E-state index in [-0.39, 0.29) is 5.91 Å². The Hall–Kier alpha value is -3.09. The molecule has 0 spiro atoms. The lowest BCUT2D eigenvalue weighted by atomic mass is 9.97. The Morgan fingerprint density at radius 3 is 2.69 bits per heavy atom. The van der Waals surface area contributed by atoms with E-state index in [0.717, 1.165) is 30.8 Å². The summed E-state index contributed by atoms with van der Waals surface area (Å²) in [6, 6.07) is 9.07. The topological polar surface area (TPSA) is 85.4 Å². The fourth-order valence-electron chi connectivity index (χ4n) is 3.16. The molecule has 0 atom stereocenters. The smallest absolute Gasteiger partial charge is 0.270 e. The van der Waals surface area contributed by atoms with Crippen molar-refractivity contribution in [3.05, 3.63) is 54.0 Å². The number of nitrogens with zero attached hydrogens (tertiary/aromatic N) is 2. The fourth-order valence-corrected chi connectivity index (χ4v) is 3.16. The predicted molar refractivity (Wildman–Crippen MR) is 113 cm³/mol. The van der Waals surface area contributed by atoms with E-state index in [4.69, 9.17) is 9.47 Å². The molecule has 0 aliphatic heterocycles. The van der Waals surface area contributed by atoms with Crippen LogP contribution in [-0.2, 0) is 0 Å². The molecule has 0 saturated heterocycles. The van der Waals surface area contributed by atoms with E-state index in [1.54, 1.807) is 13.2 Å². The number of amides is 1. The third-order valence-corrected chi connectivity index (χ3v) is 4.75. The molecule has 29 heavy (non-hydrogen) atoms. The molecule has 1 amide bonds. The number of methoxy groups -OCH3 is 1. The molecule has 1 heterocycles. The number of benzene rings is 1. The SMILES string of the molecule is COc1ccc(OCCNc2cc(C(=O)NCCC3=CCCCC3)ncn2)cc1. The van der Waals surface area contributed by atoms with Crippen LogP contribution in [0, 0.1) is 0 Å². The van der Waals surface area contributed by atoms with Gasteiger partial charge in [0.25, 0.3) is 5.91 Å². The van der Waals surface area contributed by atoms with E-state index in [1.165, 1.54) is 24.7 Å². The van der Waals surface area contributed by atoms with E-state index >= 15 is 0 Å². The quantitative estimate of drug-likeness (QED) is 0.471. The van der Waals surface area contributed by atoms with Gasteiger partial charge in [-0.2, -0.15) is 0 Å². The summed E-state index contributed by atoms with van der Waals surface area (Å²) in [6.07, 6.45) is 9.44. The Kier molecular flexibility index (Phi) is 7.86. The molecule has 1 aliphatic carbocycles. The molecule has 1 aromatic carbocycles. The molecule has 154 valence electrons. The number of ether oxygens (including phenoxy) is 2. The summed E-state index contributed by atoms with van der Waals surface area (Å²) in [7, 11) is 1.63. The number of rotatable bonds is 10. The van der Waals surface area contributed by atoms with Gasteiger partial charge >= 0.3 is 0 Å². The molecule has 0 unspecified atom stereocenters. The van der Waals surface area contributed by atoms with Gasteiger partial charge in [0.1, 0.15) is 35.9 Å². The van der Waals surface area contributed by atoms with Crippen LogP contribution >= 0.6 is 0 Å².